The van der Waals surface area contributed by atoms with Crippen LogP contribution in [0.2, 0.25) is 0 Å². The fraction of sp³-hybridized carbons (Fsp3) is 0.296. The Morgan fingerprint density at radius 2 is 1.79 bits per heavy atom. The maximum atomic E-state index is 13.1. The number of aliphatic hydroxyl groups is 1. The van der Waals surface area contributed by atoms with E-state index in [2.05, 4.69) is 18.8 Å². The summed E-state index contributed by atoms with van der Waals surface area (Å²) in [6.07, 6.45) is 6.30. The maximum absolute atomic E-state index is 13.1. The van der Waals surface area contributed by atoms with Crippen molar-refractivity contribution < 1.29 is 19.3 Å². The van der Waals surface area contributed by atoms with Crippen molar-refractivity contribution in [3.05, 3.63) is 95.1 Å². The molecule has 1 saturated heterocycles. The monoisotopic (exact) mass is 444 g/mol. The third-order valence-corrected chi connectivity index (χ3v) is 6.20. The number of aromatic nitrogens is 2. The number of rotatable bonds is 7. The molecule has 0 saturated carbocycles. The van der Waals surface area contributed by atoms with Gasteiger partial charge in [0.05, 0.1) is 18.2 Å². The molecule has 1 aliphatic heterocycles. The highest BCUT2D eigenvalue weighted by molar-refractivity contribution is 6.46. The third kappa shape index (κ3) is 4.60. The highest BCUT2D eigenvalue weighted by Gasteiger charge is 2.45. The fourth-order valence-electron chi connectivity index (χ4n) is 4.27. The van der Waals surface area contributed by atoms with E-state index in [1.54, 1.807) is 17.0 Å². The summed E-state index contributed by atoms with van der Waals surface area (Å²) < 4.78 is 2.00. The van der Waals surface area contributed by atoms with Gasteiger partial charge in [0.1, 0.15) is 18.2 Å². The molecule has 2 aromatic carbocycles. The van der Waals surface area contributed by atoms with Crippen LogP contribution in [-0.4, -0.2) is 33.2 Å². The van der Waals surface area contributed by atoms with Crippen LogP contribution in [0.1, 0.15) is 54.5 Å². The first kappa shape index (κ1) is 22.5. The minimum absolute atomic E-state index is 0.131. The Morgan fingerprint density at radius 3 is 2.39 bits per heavy atom. The minimum Gasteiger partial charge on any atom is -0.507 e. The van der Waals surface area contributed by atoms with Crippen molar-refractivity contribution in [2.75, 3.05) is 6.54 Å². The van der Waals surface area contributed by atoms with Gasteiger partial charge in [0, 0.05) is 18.5 Å². The zero-order chi connectivity index (χ0) is 23.5. The minimum atomic E-state index is -0.639. The number of likely N-dealkylation sites (tertiary alicyclic amines) is 1. The maximum Gasteiger partial charge on any atom is 0.295 e. The predicted molar refractivity (Wildman–Crippen MR) is 126 cm³/mol. The number of imidazole rings is 1. The van der Waals surface area contributed by atoms with Crippen LogP contribution in [0.25, 0.3) is 5.76 Å². The summed E-state index contributed by atoms with van der Waals surface area (Å²) in [4.78, 5) is 30.8. The van der Waals surface area contributed by atoms with E-state index < -0.39 is 17.7 Å². The zero-order valence-electron chi connectivity index (χ0n) is 19.3. The molecule has 1 fully saturated rings. The molecule has 6 nitrogen and oxygen atoms in total. The van der Waals surface area contributed by atoms with Gasteiger partial charge in [0.15, 0.2) is 0 Å². The lowest BCUT2D eigenvalue weighted by molar-refractivity contribution is -0.695. The number of nitrogens with zero attached hydrogens (tertiary/aromatic N) is 2. The second-order valence-electron chi connectivity index (χ2n) is 8.88. The third-order valence-electron chi connectivity index (χ3n) is 6.20. The summed E-state index contributed by atoms with van der Waals surface area (Å²) in [6, 6.07) is 14.7. The molecule has 2 N–H and O–H groups in total. The molecule has 1 atom stereocenters. The quantitative estimate of drug-likeness (QED) is 0.248. The number of aryl methyl sites for hydroxylation is 2. The molecule has 0 aliphatic carbocycles. The molecule has 6 heteroatoms. The van der Waals surface area contributed by atoms with Crippen LogP contribution in [0.15, 0.2) is 72.8 Å². The van der Waals surface area contributed by atoms with E-state index in [-0.39, 0.29) is 11.3 Å². The Bertz CT molecular complexity index is 1160. The second kappa shape index (κ2) is 9.45. The van der Waals surface area contributed by atoms with E-state index >= 15 is 0 Å². The Hall–Kier alpha value is -3.67. The topological polar surface area (TPSA) is 77.3 Å². The van der Waals surface area contributed by atoms with Crippen LogP contribution in [0.5, 0.6) is 0 Å². The predicted octanol–water partition coefficient (Wildman–Crippen LogP) is 4.25. The number of Topliss-reactive ketones (excluding diaryl/α,β-unsaturated/α-hetero) is 1. The lowest BCUT2D eigenvalue weighted by Crippen LogP contribution is -2.36. The Kier molecular flexibility index (Phi) is 6.45. The van der Waals surface area contributed by atoms with E-state index in [0.717, 1.165) is 11.1 Å². The molecular weight excluding hydrogens is 414 g/mol. The van der Waals surface area contributed by atoms with Crippen molar-refractivity contribution >= 4 is 17.4 Å². The van der Waals surface area contributed by atoms with Gasteiger partial charge in [-0.25, -0.2) is 4.57 Å². The van der Waals surface area contributed by atoms with Crippen molar-refractivity contribution in [1.29, 1.82) is 0 Å². The van der Waals surface area contributed by atoms with E-state index in [1.807, 2.05) is 66.6 Å². The second-order valence-corrected chi connectivity index (χ2v) is 8.88. The van der Waals surface area contributed by atoms with Crippen molar-refractivity contribution in [2.45, 2.75) is 45.7 Å². The number of hydrogen-bond donors (Lipinski definition) is 2. The summed E-state index contributed by atoms with van der Waals surface area (Å²) in [5.41, 5.74) is 3.73. The molecular formula is C27H30N3O3+. The molecule has 0 radical (unpaired) electrons. The van der Waals surface area contributed by atoms with Crippen LogP contribution in [0.4, 0.5) is 0 Å². The molecule has 0 spiro atoms. The van der Waals surface area contributed by atoms with Crippen LogP contribution in [0, 0.1) is 6.92 Å². The van der Waals surface area contributed by atoms with Gasteiger partial charge in [0.25, 0.3) is 11.7 Å². The van der Waals surface area contributed by atoms with Gasteiger partial charge in [-0.05, 0) is 24.0 Å². The van der Waals surface area contributed by atoms with E-state index in [1.165, 1.54) is 5.56 Å². The molecule has 1 aromatic heterocycles. The fourth-order valence-corrected chi connectivity index (χ4v) is 4.27. The first-order chi connectivity index (χ1) is 15.9. The molecule has 3 aromatic rings. The van der Waals surface area contributed by atoms with Crippen LogP contribution >= 0.6 is 0 Å². The van der Waals surface area contributed by atoms with Crippen molar-refractivity contribution in [3.63, 3.8) is 0 Å². The number of aliphatic hydroxyl groups excluding tert-OH is 1. The van der Waals surface area contributed by atoms with Gasteiger partial charge in [-0.1, -0.05) is 67.9 Å². The van der Waals surface area contributed by atoms with Crippen molar-refractivity contribution in [3.8, 4) is 0 Å². The van der Waals surface area contributed by atoms with Gasteiger partial charge in [-0.3, -0.25) is 14.6 Å². The van der Waals surface area contributed by atoms with E-state index in [4.69, 9.17) is 0 Å². The number of aromatic amines is 1. The van der Waals surface area contributed by atoms with Crippen LogP contribution in [-0.2, 0) is 16.1 Å². The lowest BCUT2D eigenvalue weighted by Gasteiger charge is -2.25. The molecule has 2 heterocycles. The standard InChI is InChI=1S/C27H29N3O3/c1-18(2)20-9-11-21(12-10-20)24-23(25(31)22-7-5-19(3)6-8-22)26(32)27(33)30(24)15-4-14-29-16-13-28-17-29/h5-13,16-18,24H,4,14-15H2,1-3H3,(H,31,32)/p+1. The number of benzene rings is 2. The lowest BCUT2D eigenvalue weighted by atomic mass is 9.93. The number of ketones is 1. The smallest absolute Gasteiger partial charge is 0.295 e. The molecule has 1 unspecified atom stereocenters. The molecule has 1 amide bonds. The van der Waals surface area contributed by atoms with Gasteiger partial charge < -0.3 is 10.0 Å². The Labute approximate surface area is 194 Å². The van der Waals surface area contributed by atoms with Gasteiger partial charge in [-0.15, -0.1) is 0 Å². The summed E-state index contributed by atoms with van der Waals surface area (Å²) in [5, 5.41) is 11.1. The average molecular weight is 445 g/mol. The van der Waals surface area contributed by atoms with Gasteiger partial charge in [-0.2, -0.15) is 0 Å². The molecule has 33 heavy (non-hydrogen) atoms. The number of carbonyl (C=O) groups excluding carboxylic acids is 2. The molecule has 0 bridgehead atoms. The average Bonchev–Trinajstić information content (AvgIpc) is 3.41. The van der Waals surface area contributed by atoms with Crippen LogP contribution < -0.4 is 4.57 Å². The first-order valence-electron chi connectivity index (χ1n) is 11.3. The molecule has 1 aliphatic rings. The summed E-state index contributed by atoms with van der Waals surface area (Å²) in [5.74, 6) is -0.967. The molecule has 170 valence electrons. The zero-order valence-corrected chi connectivity index (χ0v) is 19.3. The number of carbonyl (C=O) groups is 2. The number of nitrogens with one attached hydrogen (secondary N) is 1. The van der Waals surface area contributed by atoms with E-state index in [0.29, 0.717) is 31.0 Å². The highest BCUT2D eigenvalue weighted by atomic mass is 16.3. The number of hydrogen-bond acceptors (Lipinski definition) is 3. The summed E-state index contributed by atoms with van der Waals surface area (Å²) in [7, 11) is 0. The summed E-state index contributed by atoms with van der Waals surface area (Å²) in [6.45, 7) is 7.32. The normalized spacial score (nSPS) is 17.8. The number of H-pyrrole nitrogens is 1. The van der Waals surface area contributed by atoms with Crippen LogP contribution in [0.3, 0.4) is 0 Å². The Morgan fingerprint density at radius 1 is 1.09 bits per heavy atom. The first-order valence-corrected chi connectivity index (χ1v) is 11.3. The molecule has 4 rings (SSSR count). The van der Waals surface area contributed by atoms with Gasteiger partial charge >= 0.3 is 0 Å². The SMILES string of the molecule is Cc1ccc(C(O)=C2C(=O)C(=O)N(CCC[n+]3cc[nH]c3)C2c2ccc(C(C)C)cc2)cc1. The van der Waals surface area contributed by atoms with Crippen molar-refractivity contribution in [2.24, 2.45) is 0 Å². The van der Waals surface area contributed by atoms with Crippen molar-refractivity contribution in [1.82, 2.24) is 9.88 Å². The summed E-state index contributed by atoms with van der Waals surface area (Å²) >= 11 is 0. The van der Waals surface area contributed by atoms with E-state index in [9.17, 15) is 14.7 Å². The largest absolute Gasteiger partial charge is 0.507 e. The number of amides is 1. The highest BCUT2D eigenvalue weighted by Crippen LogP contribution is 2.39. The van der Waals surface area contributed by atoms with Gasteiger partial charge in [0.2, 0.25) is 6.33 Å². The Balaban J connectivity index is 1.73.